The number of nitrogens with one attached hydrogen (secondary N) is 2. The first-order valence-corrected chi connectivity index (χ1v) is 7.39. The van der Waals surface area contributed by atoms with E-state index in [4.69, 9.17) is 0 Å². The van der Waals surface area contributed by atoms with Gasteiger partial charge in [0.15, 0.2) is 0 Å². The van der Waals surface area contributed by atoms with Crippen LogP contribution < -0.4 is 10.6 Å². The SMILES string of the molecule is CC(C)CNC(=O)C(C)(C)C(=O)NC(C)c1ccccc1. The summed E-state index contributed by atoms with van der Waals surface area (Å²) < 4.78 is 0. The first-order valence-electron chi connectivity index (χ1n) is 7.39. The van der Waals surface area contributed by atoms with Crippen LogP contribution in [-0.4, -0.2) is 18.4 Å². The molecule has 21 heavy (non-hydrogen) atoms. The van der Waals surface area contributed by atoms with Crippen LogP contribution in [0.15, 0.2) is 30.3 Å². The van der Waals surface area contributed by atoms with Gasteiger partial charge < -0.3 is 10.6 Å². The second kappa shape index (κ2) is 7.25. The van der Waals surface area contributed by atoms with Crippen molar-refractivity contribution in [3.63, 3.8) is 0 Å². The molecule has 0 aliphatic rings. The summed E-state index contributed by atoms with van der Waals surface area (Å²) in [7, 11) is 0. The Morgan fingerprint density at radius 2 is 1.62 bits per heavy atom. The smallest absolute Gasteiger partial charge is 0.235 e. The van der Waals surface area contributed by atoms with E-state index in [-0.39, 0.29) is 17.9 Å². The number of carbonyl (C=O) groups is 2. The van der Waals surface area contributed by atoms with Crippen LogP contribution >= 0.6 is 0 Å². The molecule has 4 nitrogen and oxygen atoms in total. The van der Waals surface area contributed by atoms with Gasteiger partial charge in [0, 0.05) is 6.54 Å². The standard InChI is InChI=1S/C17H26N2O2/c1-12(2)11-18-15(20)17(4,5)16(21)19-13(3)14-9-7-6-8-10-14/h6-10,12-13H,11H2,1-5H3,(H,18,20)(H,19,21). The van der Waals surface area contributed by atoms with Gasteiger partial charge >= 0.3 is 0 Å². The maximum absolute atomic E-state index is 12.4. The van der Waals surface area contributed by atoms with E-state index < -0.39 is 5.41 Å². The molecule has 0 aliphatic carbocycles. The Kier molecular flexibility index (Phi) is 5.94. The third kappa shape index (κ3) is 4.88. The number of amides is 2. The molecule has 0 saturated carbocycles. The summed E-state index contributed by atoms with van der Waals surface area (Å²) in [4.78, 5) is 24.5. The van der Waals surface area contributed by atoms with Crippen LogP contribution in [0.3, 0.4) is 0 Å². The molecular formula is C17H26N2O2. The Morgan fingerprint density at radius 1 is 1.05 bits per heavy atom. The van der Waals surface area contributed by atoms with Gasteiger partial charge in [-0.2, -0.15) is 0 Å². The number of hydrogen-bond acceptors (Lipinski definition) is 2. The maximum Gasteiger partial charge on any atom is 0.235 e. The molecule has 0 fully saturated rings. The molecule has 0 spiro atoms. The first-order chi connectivity index (χ1) is 9.75. The van der Waals surface area contributed by atoms with E-state index in [1.165, 1.54) is 0 Å². The van der Waals surface area contributed by atoms with E-state index >= 15 is 0 Å². The maximum atomic E-state index is 12.4. The lowest BCUT2D eigenvalue weighted by molar-refractivity contribution is -0.141. The van der Waals surface area contributed by atoms with E-state index in [0.717, 1.165) is 5.56 Å². The second-order valence-corrected chi connectivity index (χ2v) is 6.33. The van der Waals surface area contributed by atoms with Gasteiger partial charge in [-0.3, -0.25) is 9.59 Å². The molecule has 1 atom stereocenters. The van der Waals surface area contributed by atoms with Crippen LogP contribution in [0.2, 0.25) is 0 Å². The van der Waals surface area contributed by atoms with Gasteiger partial charge in [0.25, 0.3) is 0 Å². The normalized spacial score (nSPS) is 12.9. The van der Waals surface area contributed by atoms with Gasteiger partial charge in [0.2, 0.25) is 11.8 Å². The summed E-state index contributed by atoms with van der Waals surface area (Å²) in [5, 5.41) is 5.72. The van der Waals surface area contributed by atoms with Crippen molar-refractivity contribution in [1.82, 2.24) is 10.6 Å². The van der Waals surface area contributed by atoms with E-state index in [0.29, 0.717) is 12.5 Å². The fourth-order valence-electron chi connectivity index (χ4n) is 1.82. The average molecular weight is 290 g/mol. The van der Waals surface area contributed by atoms with Gasteiger partial charge in [0.05, 0.1) is 6.04 Å². The summed E-state index contributed by atoms with van der Waals surface area (Å²) >= 11 is 0. The summed E-state index contributed by atoms with van der Waals surface area (Å²) in [6.07, 6.45) is 0. The van der Waals surface area contributed by atoms with Crippen LogP contribution in [0.1, 0.15) is 46.2 Å². The third-order valence-corrected chi connectivity index (χ3v) is 3.45. The Hall–Kier alpha value is -1.84. The lowest BCUT2D eigenvalue weighted by Crippen LogP contribution is -2.49. The van der Waals surface area contributed by atoms with E-state index in [2.05, 4.69) is 10.6 Å². The highest BCUT2D eigenvalue weighted by Gasteiger charge is 2.36. The monoisotopic (exact) mass is 290 g/mol. The van der Waals surface area contributed by atoms with Crippen molar-refractivity contribution < 1.29 is 9.59 Å². The number of rotatable bonds is 6. The molecule has 0 bridgehead atoms. The molecule has 1 rings (SSSR count). The molecule has 4 heteroatoms. The van der Waals surface area contributed by atoms with Gasteiger partial charge in [0.1, 0.15) is 5.41 Å². The molecule has 1 aromatic carbocycles. The lowest BCUT2D eigenvalue weighted by atomic mass is 9.90. The molecular weight excluding hydrogens is 264 g/mol. The molecule has 2 N–H and O–H groups in total. The quantitative estimate of drug-likeness (QED) is 0.791. The van der Waals surface area contributed by atoms with Crippen LogP contribution in [0, 0.1) is 11.3 Å². The van der Waals surface area contributed by atoms with Gasteiger partial charge in [-0.1, -0.05) is 44.2 Å². The zero-order chi connectivity index (χ0) is 16.0. The fourth-order valence-corrected chi connectivity index (χ4v) is 1.82. The minimum Gasteiger partial charge on any atom is -0.355 e. The summed E-state index contributed by atoms with van der Waals surface area (Å²) in [6.45, 7) is 9.82. The first kappa shape index (κ1) is 17.2. The Balaban J connectivity index is 2.66. The van der Waals surface area contributed by atoms with Crippen LogP contribution in [0.5, 0.6) is 0 Å². The van der Waals surface area contributed by atoms with E-state index in [1.807, 2.05) is 51.1 Å². The van der Waals surface area contributed by atoms with Crippen LogP contribution in [0.25, 0.3) is 0 Å². The fraction of sp³-hybridized carbons (Fsp3) is 0.529. The predicted octanol–water partition coefficient (Wildman–Crippen LogP) is 2.66. The Morgan fingerprint density at radius 3 is 2.14 bits per heavy atom. The lowest BCUT2D eigenvalue weighted by Gasteiger charge is -2.25. The Labute approximate surface area is 127 Å². The van der Waals surface area contributed by atoms with Gasteiger partial charge in [-0.25, -0.2) is 0 Å². The molecule has 1 aromatic rings. The van der Waals surface area contributed by atoms with Crippen molar-refractivity contribution in [3.8, 4) is 0 Å². The number of carbonyl (C=O) groups excluding carboxylic acids is 2. The van der Waals surface area contributed by atoms with Crippen molar-refractivity contribution in [2.75, 3.05) is 6.54 Å². The predicted molar refractivity (Wildman–Crippen MR) is 84.6 cm³/mol. The van der Waals surface area contributed by atoms with E-state index in [9.17, 15) is 9.59 Å². The molecule has 0 aromatic heterocycles. The van der Waals surface area contributed by atoms with Crippen molar-refractivity contribution in [3.05, 3.63) is 35.9 Å². The molecule has 116 valence electrons. The molecule has 0 saturated heterocycles. The largest absolute Gasteiger partial charge is 0.355 e. The summed E-state index contributed by atoms with van der Waals surface area (Å²) in [5.41, 5.74) is -0.0676. The number of benzene rings is 1. The van der Waals surface area contributed by atoms with Gasteiger partial charge in [-0.15, -0.1) is 0 Å². The van der Waals surface area contributed by atoms with Gasteiger partial charge in [-0.05, 0) is 32.3 Å². The molecule has 1 unspecified atom stereocenters. The zero-order valence-corrected chi connectivity index (χ0v) is 13.6. The minimum absolute atomic E-state index is 0.129. The highest BCUT2D eigenvalue weighted by Crippen LogP contribution is 2.19. The molecule has 0 radical (unpaired) electrons. The number of hydrogen-bond donors (Lipinski definition) is 2. The summed E-state index contributed by atoms with van der Waals surface area (Å²) in [5.74, 6) is -0.148. The average Bonchev–Trinajstić information content (AvgIpc) is 2.45. The summed E-state index contributed by atoms with van der Waals surface area (Å²) in [6, 6.07) is 9.57. The molecule has 0 heterocycles. The molecule has 0 aliphatic heterocycles. The zero-order valence-electron chi connectivity index (χ0n) is 13.6. The topological polar surface area (TPSA) is 58.2 Å². The van der Waals surface area contributed by atoms with E-state index in [1.54, 1.807) is 13.8 Å². The highest BCUT2D eigenvalue weighted by atomic mass is 16.2. The Bertz CT molecular complexity index is 481. The highest BCUT2D eigenvalue weighted by molar-refractivity contribution is 6.04. The van der Waals surface area contributed by atoms with Crippen LogP contribution in [0.4, 0.5) is 0 Å². The van der Waals surface area contributed by atoms with Crippen molar-refractivity contribution in [2.45, 2.75) is 40.7 Å². The van der Waals surface area contributed by atoms with Crippen molar-refractivity contribution >= 4 is 11.8 Å². The van der Waals surface area contributed by atoms with Crippen molar-refractivity contribution in [1.29, 1.82) is 0 Å². The molecule has 2 amide bonds. The van der Waals surface area contributed by atoms with Crippen LogP contribution in [-0.2, 0) is 9.59 Å². The third-order valence-electron chi connectivity index (χ3n) is 3.45. The minimum atomic E-state index is -1.09. The second-order valence-electron chi connectivity index (χ2n) is 6.33. The van der Waals surface area contributed by atoms with Crippen molar-refractivity contribution in [2.24, 2.45) is 11.3 Å².